The van der Waals surface area contributed by atoms with Gasteiger partial charge in [0, 0.05) is 12.5 Å². The van der Waals surface area contributed by atoms with Gasteiger partial charge in [-0.1, -0.05) is 62.4 Å². The monoisotopic (exact) mass is 652 g/mol. The number of likely N-dealkylation sites (tertiary alicyclic amines) is 1. The summed E-state index contributed by atoms with van der Waals surface area (Å²) in [5.41, 5.74) is 6.01. The fourth-order valence-electron chi connectivity index (χ4n) is 8.42. The maximum atomic E-state index is 12.0. The summed E-state index contributed by atoms with van der Waals surface area (Å²) >= 11 is 0. The second-order valence-corrected chi connectivity index (χ2v) is 14.0. The fourth-order valence-corrected chi connectivity index (χ4v) is 8.42. The Kier molecular flexibility index (Phi) is 8.82. The van der Waals surface area contributed by atoms with Gasteiger partial charge < -0.3 is 30.2 Å². The van der Waals surface area contributed by atoms with Gasteiger partial charge in [0.1, 0.15) is 17.9 Å². The third kappa shape index (κ3) is 6.01. The highest BCUT2D eigenvalue weighted by atomic mass is 16.5. The third-order valence-corrected chi connectivity index (χ3v) is 10.9. The van der Waals surface area contributed by atoms with Crippen LogP contribution in [0.15, 0.2) is 60.9 Å². The third-order valence-electron chi connectivity index (χ3n) is 10.9. The van der Waals surface area contributed by atoms with Crippen LogP contribution < -0.4 is 5.32 Å². The molecule has 0 radical (unpaired) electrons. The largest absolute Gasteiger partial charge is 0.481 e. The molecular weight excluding hydrogens is 608 g/mol. The number of methoxy groups -OCH3 is 1. The van der Waals surface area contributed by atoms with Crippen LogP contribution in [-0.2, 0) is 9.53 Å². The van der Waals surface area contributed by atoms with Crippen LogP contribution in [0.5, 0.6) is 0 Å². The molecular formula is C37H44N6O5. The van der Waals surface area contributed by atoms with E-state index in [2.05, 4.69) is 68.8 Å². The van der Waals surface area contributed by atoms with E-state index in [9.17, 15) is 19.8 Å². The zero-order chi connectivity index (χ0) is 33.5. The van der Waals surface area contributed by atoms with Crippen molar-refractivity contribution in [2.24, 2.45) is 23.7 Å². The average Bonchev–Trinajstić information content (AvgIpc) is 3.94. The van der Waals surface area contributed by atoms with Gasteiger partial charge in [-0.3, -0.25) is 9.69 Å². The number of alkyl carbamates (subject to hydrolysis) is 1. The first-order valence-electron chi connectivity index (χ1n) is 17.0. The Bertz CT molecular complexity index is 1750. The summed E-state index contributed by atoms with van der Waals surface area (Å²) in [6.07, 6.45) is 7.10. The molecule has 3 aliphatic rings. The van der Waals surface area contributed by atoms with Crippen molar-refractivity contribution in [2.75, 3.05) is 13.7 Å². The first-order valence-corrected chi connectivity index (χ1v) is 17.0. The zero-order valence-electron chi connectivity index (χ0n) is 27.6. The van der Waals surface area contributed by atoms with Gasteiger partial charge in [-0.05, 0) is 72.1 Å². The summed E-state index contributed by atoms with van der Waals surface area (Å²) in [6.45, 7) is 4.63. The number of fused-ring (bicyclic) bond motifs is 2. The number of aliphatic carboxylic acids is 1. The number of aromatic nitrogens is 4. The van der Waals surface area contributed by atoms with Crippen molar-refractivity contribution in [1.82, 2.24) is 30.2 Å². The zero-order valence-corrected chi connectivity index (χ0v) is 27.6. The van der Waals surface area contributed by atoms with E-state index in [1.807, 2.05) is 31.1 Å². The highest BCUT2D eigenvalue weighted by molar-refractivity contribution is 5.73. The Balaban J connectivity index is 1.02. The van der Waals surface area contributed by atoms with Gasteiger partial charge in [-0.15, -0.1) is 0 Å². The van der Waals surface area contributed by atoms with E-state index >= 15 is 0 Å². The first-order chi connectivity index (χ1) is 23.2. The maximum absolute atomic E-state index is 12.0. The van der Waals surface area contributed by atoms with E-state index in [1.54, 1.807) is 0 Å². The van der Waals surface area contributed by atoms with Crippen LogP contribution in [0.1, 0.15) is 69.6 Å². The standard InChI is InChI=1S/C37H44N6O5/c1-20(2)32(42-37(47)48-3)35(44)43-16-4-5-29(43)33-38-18-27(40-33)23-10-6-21(7-11-23)22-8-12-24(13-9-22)28-19-39-34(41-28)30-25-14-15-26(17-25)31(30)36(45)46/h6-13,18-20,25-26,29-32,35,44H,4-5,14-17H2,1-3H3,(H,38,40)(H,39,41)(H,42,47)(H,45,46)/t25?,26?,29-,30?,31-,32-,35?/m0/s1. The van der Waals surface area contributed by atoms with E-state index < -0.39 is 24.3 Å². The molecule has 0 spiro atoms. The molecule has 11 heteroatoms. The molecule has 3 heterocycles. The number of hydrogen-bond donors (Lipinski definition) is 5. The van der Waals surface area contributed by atoms with Gasteiger partial charge in [0.05, 0.1) is 48.9 Å². The minimum Gasteiger partial charge on any atom is -0.481 e. The summed E-state index contributed by atoms with van der Waals surface area (Å²) < 4.78 is 4.78. The summed E-state index contributed by atoms with van der Waals surface area (Å²) in [6, 6.07) is 16.1. The highest BCUT2D eigenvalue weighted by Crippen LogP contribution is 2.56. The second-order valence-electron chi connectivity index (χ2n) is 14.0. The molecule has 7 atom stereocenters. The minimum atomic E-state index is -0.877. The van der Waals surface area contributed by atoms with Crippen LogP contribution >= 0.6 is 0 Å². The molecule has 11 nitrogen and oxygen atoms in total. The van der Waals surface area contributed by atoms with Crippen LogP contribution in [0, 0.1) is 23.7 Å². The number of rotatable bonds is 10. The second kappa shape index (κ2) is 13.2. The fraction of sp³-hybridized carbons (Fsp3) is 0.459. The van der Waals surface area contributed by atoms with Crippen molar-refractivity contribution in [1.29, 1.82) is 0 Å². The van der Waals surface area contributed by atoms with E-state index in [1.165, 1.54) is 7.11 Å². The molecule has 2 bridgehead atoms. The molecule has 3 fully saturated rings. The number of carbonyl (C=O) groups excluding carboxylic acids is 1. The molecule has 7 rings (SSSR count). The van der Waals surface area contributed by atoms with E-state index in [0.717, 1.165) is 77.4 Å². The number of H-pyrrole nitrogens is 2. The molecule has 2 aliphatic carbocycles. The van der Waals surface area contributed by atoms with Crippen molar-refractivity contribution >= 4 is 12.1 Å². The Morgan fingerprint density at radius 1 is 0.875 bits per heavy atom. The number of nitrogens with zero attached hydrogens (tertiary/aromatic N) is 3. The molecule has 4 unspecified atom stereocenters. The minimum absolute atomic E-state index is 0.00535. The normalized spacial score (nSPS) is 25.0. The molecule has 48 heavy (non-hydrogen) atoms. The van der Waals surface area contributed by atoms with Crippen LogP contribution in [0.3, 0.4) is 0 Å². The number of ether oxygens (including phenoxy) is 1. The van der Waals surface area contributed by atoms with Gasteiger partial charge in [0.2, 0.25) is 0 Å². The Hall–Kier alpha value is -4.48. The van der Waals surface area contributed by atoms with Gasteiger partial charge in [0.25, 0.3) is 0 Å². The van der Waals surface area contributed by atoms with Crippen molar-refractivity contribution in [3.8, 4) is 33.6 Å². The lowest BCUT2D eigenvalue weighted by atomic mass is 9.79. The quantitative estimate of drug-likeness (QED) is 0.136. The molecule has 4 aromatic rings. The molecule has 5 N–H and O–H groups in total. The summed E-state index contributed by atoms with van der Waals surface area (Å²) in [5, 5.41) is 23.9. The van der Waals surface area contributed by atoms with E-state index in [4.69, 9.17) is 9.72 Å². The van der Waals surface area contributed by atoms with Crippen molar-refractivity contribution < 1.29 is 24.5 Å². The Labute approximate surface area is 280 Å². The predicted molar refractivity (Wildman–Crippen MR) is 181 cm³/mol. The van der Waals surface area contributed by atoms with Crippen molar-refractivity contribution in [2.45, 2.75) is 70.2 Å². The van der Waals surface area contributed by atoms with Crippen LogP contribution in [0.25, 0.3) is 33.6 Å². The molecule has 2 saturated carbocycles. The summed E-state index contributed by atoms with van der Waals surface area (Å²) in [5.74, 6) is 1.20. The number of aliphatic hydroxyl groups is 1. The summed E-state index contributed by atoms with van der Waals surface area (Å²) in [4.78, 5) is 42.2. The summed E-state index contributed by atoms with van der Waals surface area (Å²) in [7, 11) is 1.32. The smallest absolute Gasteiger partial charge is 0.407 e. The molecule has 1 aliphatic heterocycles. The lowest BCUT2D eigenvalue weighted by Gasteiger charge is -2.35. The van der Waals surface area contributed by atoms with E-state index in [0.29, 0.717) is 12.5 Å². The van der Waals surface area contributed by atoms with Crippen LogP contribution in [0.4, 0.5) is 4.79 Å². The molecule has 2 aromatic carbocycles. The number of benzene rings is 2. The van der Waals surface area contributed by atoms with Gasteiger partial charge >= 0.3 is 12.1 Å². The van der Waals surface area contributed by atoms with Gasteiger partial charge in [0.15, 0.2) is 0 Å². The number of carbonyl (C=O) groups is 2. The van der Waals surface area contributed by atoms with Crippen molar-refractivity contribution in [3.05, 3.63) is 72.6 Å². The topological polar surface area (TPSA) is 156 Å². The lowest BCUT2D eigenvalue weighted by molar-refractivity contribution is -0.144. The van der Waals surface area contributed by atoms with Crippen LogP contribution in [-0.4, -0.2) is 73.0 Å². The molecule has 1 saturated heterocycles. The first kappa shape index (κ1) is 32.1. The predicted octanol–water partition coefficient (Wildman–Crippen LogP) is 6.18. The number of carboxylic acids is 1. The highest BCUT2D eigenvalue weighted by Gasteiger charge is 2.52. The number of imidazole rings is 2. The number of carboxylic acid groups (broad SMARTS) is 1. The number of amides is 1. The molecule has 2 aromatic heterocycles. The van der Waals surface area contributed by atoms with Gasteiger partial charge in [-0.25, -0.2) is 14.8 Å². The van der Waals surface area contributed by atoms with Gasteiger partial charge in [-0.2, -0.15) is 0 Å². The maximum Gasteiger partial charge on any atom is 0.407 e. The molecule has 1 amide bonds. The number of aliphatic hydroxyl groups excluding tert-OH is 1. The lowest BCUT2D eigenvalue weighted by Crippen LogP contribution is -2.54. The Morgan fingerprint density at radius 3 is 2.02 bits per heavy atom. The molecule has 252 valence electrons. The van der Waals surface area contributed by atoms with Crippen molar-refractivity contribution in [3.63, 3.8) is 0 Å². The number of aromatic amines is 2. The Morgan fingerprint density at radius 2 is 1.44 bits per heavy atom. The van der Waals surface area contributed by atoms with E-state index in [-0.39, 0.29) is 29.7 Å². The average molecular weight is 653 g/mol. The van der Waals surface area contributed by atoms with Crippen LogP contribution in [0.2, 0.25) is 0 Å². The SMILES string of the molecule is COC(=O)N[C@@H](C(C)C)C(O)N1CCC[C@H]1c1ncc(-c2ccc(-c3ccc(-c4cnc(C5C6CCC(C6)[C@@H]5C(=O)O)[nH]4)cc3)cc2)[nH]1. The number of nitrogens with one attached hydrogen (secondary N) is 3. The number of hydrogen-bond acceptors (Lipinski definition) is 7.